The molecule has 1 radical (unpaired) electrons. The van der Waals surface area contributed by atoms with Gasteiger partial charge in [-0.15, -0.1) is 0 Å². The van der Waals surface area contributed by atoms with Gasteiger partial charge in [-0.25, -0.2) is 8.42 Å². The zero-order chi connectivity index (χ0) is 10.6. The third-order valence-electron chi connectivity index (χ3n) is 1.77. The quantitative estimate of drug-likeness (QED) is 0.827. The van der Waals surface area contributed by atoms with Gasteiger partial charge in [0.25, 0.3) is 0 Å². The van der Waals surface area contributed by atoms with Gasteiger partial charge < -0.3 is 0 Å². The minimum atomic E-state index is -3.19. The average Bonchev–Trinajstić information content (AvgIpc) is 2.06. The van der Waals surface area contributed by atoms with Crippen molar-refractivity contribution in [2.45, 2.75) is 19.8 Å². The fourth-order valence-corrected chi connectivity index (χ4v) is 1.83. The highest BCUT2D eigenvalue weighted by Crippen LogP contribution is 2.17. The number of aryl methyl sites for hydroxylation is 1. The van der Waals surface area contributed by atoms with Gasteiger partial charge in [-0.2, -0.15) is 0 Å². The maximum atomic E-state index is 11.0. The van der Waals surface area contributed by atoms with E-state index in [4.69, 9.17) is 0 Å². The van der Waals surface area contributed by atoms with E-state index in [1.807, 2.05) is 6.07 Å². The SMILES string of the molecule is CCCc1cc[c]cc1NS(C)(=O)=O. The van der Waals surface area contributed by atoms with Crippen molar-refractivity contribution in [2.75, 3.05) is 11.0 Å². The van der Waals surface area contributed by atoms with E-state index in [0.717, 1.165) is 24.7 Å². The number of hydrogen-bond donors (Lipinski definition) is 1. The van der Waals surface area contributed by atoms with E-state index in [1.165, 1.54) is 0 Å². The fourth-order valence-electron chi connectivity index (χ4n) is 1.24. The van der Waals surface area contributed by atoms with Crippen molar-refractivity contribution < 1.29 is 8.42 Å². The lowest BCUT2D eigenvalue weighted by molar-refractivity contribution is 0.606. The molecule has 0 heterocycles. The largest absolute Gasteiger partial charge is 0.283 e. The smallest absolute Gasteiger partial charge is 0.229 e. The van der Waals surface area contributed by atoms with E-state index >= 15 is 0 Å². The van der Waals surface area contributed by atoms with Crippen molar-refractivity contribution in [1.82, 2.24) is 0 Å². The Morgan fingerprint density at radius 2 is 2.21 bits per heavy atom. The first kappa shape index (κ1) is 11.0. The number of sulfonamides is 1. The molecule has 1 aromatic carbocycles. The molecule has 14 heavy (non-hydrogen) atoms. The van der Waals surface area contributed by atoms with Gasteiger partial charge in [0, 0.05) is 0 Å². The molecule has 0 saturated heterocycles. The van der Waals surface area contributed by atoms with Gasteiger partial charge in [0.2, 0.25) is 10.0 Å². The maximum absolute atomic E-state index is 11.0. The second-order valence-electron chi connectivity index (χ2n) is 3.21. The van der Waals surface area contributed by atoms with Crippen LogP contribution in [0.1, 0.15) is 18.9 Å². The summed E-state index contributed by atoms with van der Waals surface area (Å²) in [6.45, 7) is 2.06. The molecule has 4 heteroatoms. The standard InChI is InChI=1S/C10H14NO2S/c1-3-6-9-7-4-5-8-10(9)11-14(2,12)13/h4,7-8,11H,3,6H2,1-2H3. The van der Waals surface area contributed by atoms with Crippen LogP contribution in [0, 0.1) is 6.07 Å². The Hall–Kier alpha value is -1.03. The van der Waals surface area contributed by atoms with Crippen molar-refractivity contribution in [1.29, 1.82) is 0 Å². The molecule has 1 N–H and O–H groups in total. The summed E-state index contributed by atoms with van der Waals surface area (Å²) in [5, 5.41) is 0. The van der Waals surface area contributed by atoms with E-state index in [-0.39, 0.29) is 0 Å². The monoisotopic (exact) mass is 212 g/mol. The highest BCUT2D eigenvalue weighted by Gasteiger charge is 2.05. The maximum Gasteiger partial charge on any atom is 0.229 e. The lowest BCUT2D eigenvalue weighted by Crippen LogP contribution is -2.11. The molecule has 1 aromatic rings. The summed E-state index contributed by atoms with van der Waals surface area (Å²) in [7, 11) is -3.19. The van der Waals surface area contributed by atoms with Crippen LogP contribution < -0.4 is 4.72 Å². The fraction of sp³-hybridized carbons (Fsp3) is 0.400. The molecule has 0 unspecified atom stereocenters. The van der Waals surface area contributed by atoms with E-state index in [1.54, 1.807) is 12.1 Å². The van der Waals surface area contributed by atoms with Crippen LogP contribution in [0.2, 0.25) is 0 Å². The summed E-state index contributed by atoms with van der Waals surface area (Å²) in [5.74, 6) is 0. The Labute approximate surface area is 85.2 Å². The van der Waals surface area contributed by atoms with Crippen LogP contribution >= 0.6 is 0 Å². The zero-order valence-corrected chi connectivity index (χ0v) is 9.19. The molecule has 0 fully saturated rings. The predicted octanol–water partition coefficient (Wildman–Crippen LogP) is 1.81. The second kappa shape index (κ2) is 4.46. The molecule has 0 aliphatic carbocycles. The van der Waals surface area contributed by atoms with E-state index in [2.05, 4.69) is 17.7 Å². The molecule has 1 rings (SSSR count). The van der Waals surface area contributed by atoms with Gasteiger partial charge >= 0.3 is 0 Å². The van der Waals surface area contributed by atoms with Gasteiger partial charge in [0.1, 0.15) is 0 Å². The van der Waals surface area contributed by atoms with Crippen LogP contribution in [0.15, 0.2) is 18.2 Å². The van der Waals surface area contributed by atoms with Crippen LogP contribution in [-0.4, -0.2) is 14.7 Å². The molecule has 0 aliphatic heterocycles. The Morgan fingerprint density at radius 1 is 1.50 bits per heavy atom. The molecule has 77 valence electrons. The number of benzene rings is 1. The summed E-state index contributed by atoms with van der Waals surface area (Å²) in [6.07, 6.45) is 3.00. The molecule has 0 atom stereocenters. The van der Waals surface area contributed by atoms with E-state index in [0.29, 0.717) is 5.69 Å². The Balaban J connectivity index is 2.95. The van der Waals surface area contributed by atoms with Gasteiger partial charge in [-0.1, -0.05) is 25.5 Å². The van der Waals surface area contributed by atoms with E-state index < -0.39 is 10.0 Å². The second-order valence-corrected chi connectivity index (χ2v) is 4.96. The Kier molecular flexibility index (Phi) is 3.52. The van der Waals surface area contributed by atoms with Crippen molar-refractivity contribution >= 4 is 15.7 Å². The van der Waals surface area contributed by atoms with Gasteiger partial charge in [-0.3, -0.25) is 4.72 Å². The molecular formula is C10H14NO2S. The van der Waals surface area contributed by atoms with Crippen molar-refractivity contribution in [3.8, 4) is 0 Å². The Bertz CT molecular complexity index is 398. The highest BCUT2D eigenvalue weighted by atomic mass is 32.2. The molecule has 0 amide bonds. The van der Waals surface area contributed by atoms with Crippen molar-refractivity contribution in [3.05, 3.63) is 29.8 Å². The van der Waals surface area contributed by atoms with E-state index in [9.17, 15) is 8.42 Å². The summed E-state index contributed by atoms with van der Waals surface area (Å²) >= 11 is 0. The lowest BCUT2D eigenvalue weighted by atomic mass is 10.1. The summed E-state index contributed by atoms with van der Waals surface area (Å²) in [5.41, 5.74) is 1.65. The van der Waals surface area contributed by atoms with Gasteiger partial charge in [0.15, 0.2) is 0 Å². The van der Waals surface area contributed by atoms with Crippen molar-refractivity contribution in [2.24, 2.45) is 0 Å². The first-order valence-electron chi connectivity index (χ1n) is 4.49. The number of nitrogens with one attached hydrogen (secondary N) is 1. The first-order valence-corrected chi connectivity index (χ1v) is 6.39. The molecular weight excluding hydrogens is 198 g/mol. The molecule has 0 spiro atoms. The number of rotatable bonds is 4. The topological polar surface area (TPSA) is 46.2 Å². The third kappa shape index (κ3) is 3.38. The average molecular weight is 212 g/mol. The lowest BCUT2D eigenvalue weighted by Gasteiger charge is -2.08. The molecule has 0 bridgehead atoms. The minimum absolute atomic E-state index is 0.636. The Morgan fingerprint density at radius 3 is 2.79 bits per heavy atom. The molecule has 0 aliphatic rings. The zero-order valence-electron chi connectivity index (χ0n) is 8.37. The normalized spacial score (nSPS) is 11.3. The summed E-state index contributed by atoms with van der Waals surface area (Å²) < 4.78 is 24.5. The van der Waals surface area contributed by atoms with Crippen molar-refractivity contribution in [3.63, 3.8) is 0 Å². The summed E-state index contributed by atoms with van der Waals surface area (Å²) in [4.78, 5) is 0. The summed E-state index contributed by atoms with van der Waals surface area (Å²) in [6, 6.07) is 8.19. The molecule has 0 saturated carbocycles. The van der Waals surface area contributed by atoms with Crippen LogP contribution in [0.25, 0.3) is 0 Å². The van der Waals surface area contributed by atoms with Crippen LogP contribution in [0.4, 0.5) is 5.69 Å². The number of anilines is 1. The number of hydrogen-bond acceptors (Lipinski definition) is 2. The van der Waals surface area contributed by atoms with Crippen LogP contribution in [-0.2, 0) is 16.4 Å². The predicted molar refractivity (Wildman–Crippen MR) is 57.7 cm³/mol. The minimum Gasteiger partial charge on any atom is -0.283 e. The molecule has 3 nitrogen and oxygen atoms in total. The van der Waals surface area contributed by atoms with Gasteiger partial charge in [0.05, 0.1) is 11.9 Å². The van der Waals surface area contributed by atoms with Crippen LogP contribution in [0.3, 0.4) is 0 Å². The van der Waals surface area contributed by atoms with Gasteiger partial charge in [-0.05, 0) is 24.1 Å². The first-order chi connectivity index (χ1) is 6.53. The van der Waals surface area contributed by atoms with Crippen LogP contribution in [0.5, 0.6) is 0 Å². The highest BCUT2D eigenvalue weighted by molar-refractivity contribution is 7.92. The molecule has 0 aromatic heterocycles. The third-order valence-corrected chi connectivity index (χ3v) is 2.36.